The highest BCUT2D eigenvalue weighted by Crippen LogP contribution is 2.39. The third-order valence-corrected chi connectivity index (χ3v) is 7.22. The molecule has 1 fully saturated rings. The molecule has 0 bridgehead atoms. The van der Waals surface area contributed by atoms with Gasteiger partial charge in [-0.25, -0.2) is 8.42 Å². The van der Waals surface area contributed by atoms with E-state index < -0.39 is 10.0 Å². The van der Waals surface area contributed by atoms with E-state index in [1.807, 2.05) is 19.9 Å². The number of hydrogen-bond donors (Lipinski definition) is 0. The summed E-state index contributed by atoms with van der Waals surface area (Å²) >= 11 is 6.26. The van der Waals surface area contributed by atoms with Gasteiger partial charge in [-0.05, 0) is 38.8 Å². The van der Waals surface area contributed by atoms with Gasteiger partial charge in [-0.15, -0.1) is 0 Å². The SMILES string of the molecule is Cc1cc(C2CCN(S(=O)(=O)c3cc(Cl)c4c(c3)CC(C)O4)CC2)on1. The number of aryl methyl sites for hydroxylation is 1. The maximum atomic E-state index is 13.1. The van der Waals surface area contributed by atoms with Crippen molar-refractivity contribution in [3.8, 4) is 5.75 Å². The molecular weight excluding hydrogens is 376 g/mol. The van der Waals surface area contributed by atoms with Gasteiger partial charge in [0.25, 0.3) is 0 Å². The summed E-state index contributed by atoms with van der Waals surface area (Å²) in [6, 6.07) is 5.13. The number of benzene rings is 1. The minimum Gasteiger partial charge on any atom is -0.489 e. The maximum Gasteiger partial charge on any atom is 0.243 e. The van der Waals surface area contributed by atoms with Gasteiger partial charge in [0.15, 0.2) is 0 Å². The van der Waals surface area contributed by atoms with Crippen molar-refractivity contribution in [2.24, 2.45) is 0 Å². The predicted molar refractivity (Wildman–Crippen MR) is 97.2 cm³/mol. The molecule has 1 saturated heterocycles. The standard InChI is InChI=1S/C18H21ClN2O4S/c1-11-7-17(25-20-11)13-3-5-21(6-4-13)26(22,23)15-9-14-8-12(2)24-18(14)16(19)10-15/h7,9-10,12-13H,3-6,8H2,1-2H3. The molecule has 0 amide bonds. The lowest BCUT2D eigenvalue weighted by Crippen LogP contribution is -2.37. The van der Waals surface area contributed by atoms with Crippen LogP contribution in [0, 0.1) is 6.92 Å². The van der Waals surface area contributed by atoms with Crippen molar-refractivity contribution in [1.29, 1.82) is 0 Å². The van der Waals surface area contributed by atoms with Crippen molar-refractivity contribution >= 4 is 21.6 Å². The summed E-state index contributed by atoms with van der Waals surface area (Å²) < 4.78 is 38.6. The molecular formula is C18H21ClN2O4S. The average molecular weight is 397 g/mol. The molecule has 0 radical (unpaired) electrons. The molecule has 4 rings (SSSR count). The van der Waals surface area contributed by atoms with Crippen molar-refractivity contribution in [2.45, 2.75) is 50.0 Å². The highest BCUT2D eigenvalue weighted by atomic mass is 35.5. The molecule has 0 N–H and O–H groups in total. The predicted octanol–water partition coefficient (Wildman–Crippen LogP) is 3.53. The zero-order valence-electron chi connectivity index (χ0n) is 14.7. The average Bonchev–Trinajstić information content (AvgIpc) is 3.20. The zero-order valence-corrected chi connectivity index (χ0v) is 16.3. The molecule has 0 spiro atoms. The molecule has 8 heteroatoms. The minimum atomic E-state index is -3.58. The van der Waals surface area contributed by atoms with Gasteiger partial charge < -0.3 is 9.26 Å². The second-order valence-corrected chi connectivity index (χ2v) is 9.42. The van der Waals surface area contributed by atoms with Crippen molar-refractivity contribution in [3.63, 3.8) is 0 Å². The Hall–Kier alpha value is -1.57. The molecule has 0 saturated carbocycles. The van der Waals surface area contributed by atoms with Gasteiger partial charge in [-0.3, -0.25) is 0 Å². The van der Waals surface area contributed by atoms with Crippen LogP contribution in [0.4, 0.5) is 0 Å². The lowest BCUT2D eigenvalue weighted by atomic mass is 9.95. The lowest BCUT2D eigenvalue weighted by Gasteiger charge is -2.30. The fraction of sp³-hybridized carbons (Fsp3) is 0.500. The molecule has 2 aliphatic heterocycles. The summed E-state index contributed by atoms with van der Waals surface area (Å²) in [5, 5.41) is 4.28. The van der Waals surface area contributed by atoms with E-state index in [9.17, 15) is 8.42 Å². The van der Waals surface area contributed by atoms with Crippen molar-refractivity contribution in [1.82, 2.24) is 9.46 Å². The Bertz CT molecular complexity index is 933. The van der Waals surface area contributed by atoms with Crippen LogP contribution in [0.1, 0.15) is 42.7 Å². The maximum absolute atomic E-state index is 13.1. The number of hydrogen-bond acceptors (Lipinski definition) is 5. The number of sulfonamides is 1. The minimum absolute atomic E-state index is 0.0153. The first kappa shape index (κ1) is 17.8. The third kappa shape index (κ3) is 3.12. The van der Waals surface area contributed by atoms with Crippen LogP contribution in [0.5, 0.6) is 5.75 Å². The first-order valence-corrected chi connectivity index (χ1v) is 10.6. The van der Waals surface area contributed by atoms with Gasteiger partial charge in [0, 0.05) is 37.1 Å². The van der Waals surface area contributed by atoms with E-state index in [2.05, 4.69) is 5.16 Å². The van der Waals surface area contributed by atoms with Crippen LogP contribution in [0.25, 0.3) is 0 Å². The topological polar surface area (TPSA) is 72.6 Å². The molecule has 140 valence electrons. The Labute approximate surface area is 158 Å². The number of halogens is 1. The first-order chi connectivity index (χ1) is 12.3. The van der Waals surface area contributed by atoms with E-state index in [-0.39, 0.29) is 16.9 Å². The van der Waals surface area contributed by atoms with Crippen LogP contribution in [0.15, 0.2) is 27.6 Å². The van der Waals surface area contributed by atoms with E-state index in [0.29, 0.717) is 43.1 Å². The fourth-order valence-corrected chi connectivity index (χ4v) is 5.61. The van der Waals surface area contributed by atoms with Gasteiger partial charge in [0.2, 0.25) is 10.0 Å². The first-order valence-electron chi connectivity index (χ1n) is 8.77. The van der Waals surface area contributed by atoms with E-state index in [1.54, 1.807) is 6.07 Å². The Morgan fingerprint density at radius 1 is 1.23 bits per heavy atom. The van der Waals surface area contributed by atoms with Crippen LogP contribution in [-0.4, -0.2) is 37.1 Å². The fourth-order valence-electron chi connectivity index (χ4n) is 3.71. The number of fused-ring (bicyclic) bond motifs is 1. The van der Waals surface area contributed by atoms with Crippen LogP contribution in [0.3, 0.4) is 0 Å². The van der Waals surface area contributed by atoms with Crippen molar-refractivity contribution in [3.05, 3.63) is 40.2 Å². The Morgan fingerprint density at radius 2 is 1.96 bits per heavy atom. The molecule has 2 aliphatic rings. The molecule has 1 atom stereocenters. The second-order valence-electron chi connectivity index (χ2n) is 7.07. The summed E-state index contributed by atoms with van der Waals surface area (Å²) in [7, 11) is -3.58. The number of ether oxygens (including phenoxy) is 1. The van der Waals surface area contributed by atoms with Crippen LogP contribution in [-0.2, 0) is 16.4 Å². The molecule has 1 unspecified atom stereocenters. The molecule has 26 heavy (non-hydrogen) atoms. The number of nitrogens with zero attached hydrogens (tertiary/aromatic N) is 2. The van der Waals surface area contributed by atoms with E-state index in [1.165, 1.54) is 10.4 Å². The van der Waals surface area contributed by atoms with Gasteiger partial charge >= 0.3 is 0 Å². The molecule has 2 aromatic rings. The number of aromatic nitrogens is 1. The monoisotopic (exact) mass is 396 g/mol. The van der Waals surface area contributed by atoms with Crippen molar-refractivity contribution < 1.29 is 17.7 Å². The summed E-state index contributed by atoms with van der Waals surface area (Å²) in [6.45, 7) is 4.73. The molecule has 6 nitrogen and oxygen atoms in total. The van der Waals surface area contributed by atoms with Crippen LogP contribution >= 0.6 is 11.6 Å². The van der Waals surface area contributed by atoms with E-state index >= 15 is 0 Å². The van der Waals surface area contributed by atoms with Crippen molar-refractivity contribution in [2.75, 3.05) is 13.1 Å². The van der Waals surface area contributed by atoms with Crippen LogP contribution in [0.2, 0.25) is 5.02 Å². The van der Waals surface area contributed by atoms with Gasteiger partial charge in [-0.2, -0.15) is 4.31 Å². The number of piperidine rings is 1. The van der Waals surface area contributed by atoms with E-state index in [4.69, 9.17) is 20.9 Å². The smallest absolute Gasteiger partial charge is 0.243 e. The van der Waals surface area contributed by atoms with E-state index in [0.717, 1.165) is 17.0 Å². The summed E-state index contributed by atoms with van der Waals surface area (Å²) in [5.41, 5.74) is 1.70. The quantitative estimate of drug-likeness (QED) is 0.793. The van der Waals surface area contributed by atoms with Gasteiger partial charge in [0.1, 0.15) is 17.6 Å². The molecule has 0 aliphatic carbocycles. The Balaban J connectivity index is 1.53. The molecule has 3 heterocycles. The molecule has 1 aromatic carbocycles. The second kappa shape index (κ2) is 6.55. The summed E-state index contributed by atoms with van der Waals surface area (Å²) in [5.74, 6) is 1.66. The normalized spacial score (nSPS) is 21.6. The number of rotatable bonds is 3. The highest BCUT2D eigenvalue weighted by molar-refractivity contribution is 7.89. The largest absolute Gasteiger partial charge is 0.489 e. The van der Waals surface area contributed by atoms with Crippen LogP contribution < -0.4 is 4.74 Å². The summed E-state index contributed by atoms with van der Waals surface area (Å²) in [4.78, 5) is 0.243. The highest BCUT2D eigenvalue weighted by Gasteiger charge is 2.33. The van der Waals surface area contributed by atoms with Gasteiger partial charge in [-0.1, -0.05) is 16.8 Å². The van der Waals surface area contributed by atoms with Gasteiger partial charge in [0.05, 0.1) is 15.6 Å². The lowest BCUT2D eigenvalue weighted by molar-refractivity contribution is 0.255. The Kier molecular flexibility index (Phi) is 4.49. The summed E-state index contributed by atoms with van der Waals surface area (Å²) in [6.07, 6.45) is 2.12. The Morgan fingerprint density at radius 3 is 2.62 bits per heavy atom. The zero-order chi connectivity index (χ0) is 18.5. The molecule has 1 aromatic heterocycles. The third-order valence-electron chi connectivity index (χ3n) is 5.06.